The molecular formula is C17H28FIN4O. The molecule has 0 atom stereocenters. The molecule has 0 aromatic heterocycles. The molecule has 7 heteroatoms. The molecule has 24 heavy (non-hydrogen) atoms. The molecule has 0 amide bonds. The number of hydrogen-bond acceptors (Lipinski definition) is 3. The Bertz CT molecular complexity index is 494. The van der Waals surface area contributed by atoms with Gasteiger partial charge in [0.25, 0.3) is 0 Å². The Hall–Kier alpha value is -0.930. The van der Waals surface area contributed by atoms with Crippen LogP contribution in [0.1, 0.15) is 18.4 Å². The number of methoxy groups -OCH3 is 1. The van der Waals surface area contributed by atoms with Gasteiger partial charge in [-0.3, -0.25) is 9.89 Å². The van der Waals surface area contributed by atoms with Crippen molar-refractivity contribution in [3.8, 4) is 0 Å². The molecule has 5 nitrogen and oxygen atoms in total. The van der Waals surface area contributed by atoms with Crippen LogP contribution in [0, 0.1) is 5.82 Å². The second-order valence-corrected chi connectivity index (χ2v) is 5.74. The fourth-order valence-electron chi connectivity index (χ4n) is 2.45. The van der Waals surface area contributed by atoms with Crippen molar-refractivity contribution in [1.29, 1.82) is 0 Å². The first-order valence-electron chi connectivity index (χ1n) is 8.15. The van der Waals surface area contributed by atoms with Gasteiger partial charge in [-0.05, 0) is 30.5 Å². The Morgan fingerprint density at radius 1 is 1.25 bits per heavy atom. The van der Waals surface area contributed by atoms with Gasteiger partial charge in [-0.1, -0.05) is 12.1 Å². The number of nitrogens with one attached hydrogen (secondary N) is 2. The van der Waals surface area contributed by atoms with Crippen LogP contribution < -0.4 is 10.6 Å². The second kappa shape index (κ2) is 11.6. The van der Waals surface area contributed by atoms with E-state index in [0.717, 1.165) is 43.8 Å². The lowest BCUT2D eigenvalue weighted by molar-refractivity contribution is 0.144. The third-order valence-electron chi connectivity index (χ3n) is 3.93. The van der Waals surface area contributed by atoms with Crippen LogP contribution in [0.5, 0.6) is 0 Å². The largest absolute Gasteiger partial charge is 0.383 e. The first-order chi connectivity index (χ1) is 11.2. The molecule has 0 saturated heterocycles. The molecule has 1 aromatic rings. The van der Waals surface area contributed by atoms with Gasteiger partial charge in [0.1, 0.15) is 5.82 Å². The quantitative estimate of drug-likeness (QED) is 0.344. The predicted octanol–water partition coefficient (Wildman–Crippen LogP) is 2.22. The van der Waals surface area contributed by atoms with Crippen molar-refractivity contribution in [2.45, 2.75) is 25.4 Å². The Morgan fingerprint density at radius 2 is 1.96 bits per heavy atom. The lowest BCUT2D eigenvalue weighted by Crippen LogP contribution is -2.42. The van der Waals surface area contributed by atoms with Gasteiger partial charge in [0.05, 0.1) is 6.61 Å². The van der Waals surface area contributed by atoms with Gasteiger partial charge in [0.15, 0.2) is 5.96 Å². The molecule has 0 spiro atoms. The van der Waals surface area contributed by atoms with Crippen LogP contribution in [0.15, 0.2) is 29.3 Å². The molecule has 1 saturated carbocycles. The summed E-state index contributed by atoms with van der Waals surface area (Å²) in [5.41, 5.74) is 1.02. The summed E-state index contributed by atoms with van der Waals surface area (Å²) in [6, 6.07) is 7.21. The number of halogens is 2. The first kappa shape index (κ1) is 21.1. The SMILES string of the molecule is CN=C(NCCN(CCOC)C1CC1)NCc1ccc(F)cc1.I. The van der Waals surface area contributed by atoms with Gasteiger partial charge >= 0.3 is 0 Å². The second-order valence-electron chi connectivity index (χ2n) is 5.74. The Labute approximate surface area is 161 Å². The normalized spacial score (nSPS) is 14.4. The van der Waals surface area contributed by atoms with E-state index in [0.29, 0.717) is 6.54 Å². The maximum absolute atomic E-state index is 12.9. The van der Waals surface area contributed by atoms with Crippen LogP contribution in [0.3, 0.4) is 0 Å². The Balaban J connectivity index is 0.00000288. The number of rotatable bonds is 9. The average molecular weight is 450 g/mol. The maximum atomic E-state index is 12.9. The van der Waals surface area contributed by atoms with Gasteiger partial charge < -0.3 is 15.4 Å². The summed E-state index contributed by atoms with van der Waals surface area (Å²) >= 11 is 0. The van der Waals surface area contributed by atoms with Crippen molar-refractivity contribution in [1.82, 2.24) is 15.5 Å². The monoisotopic (exact) mass is 450 g/mol. The first-order valence-corrected chi connectivity index (χ1v) is 8.15. The topological polar surface area (TPSA) is 48.9 Å². The lowest BCUT2D eigenvalue weighted by Gasteiger charge is -2.22. The van der Waals surface area contributed by atoms with E-state index in [-0.39, 0.29) is 29.8 Å². The van der Waals surface area contributed by atoms with Gasteiger partial charge in [-0.25, -0.2) is 4.39 Å². The number of nitrogens with zero attached hydrogens (tertiary/aromatic N) is 2. The number of ether oxygens (including phenoxy) is 1. The predicted molar refractivity (Wildman–Crippen MR) is 106 cm³/mol. The summed E-state index contributed by atoms with van der Waals surface area (Å²) in [6.45, 7) is 4.18. The van der Waals surface area contributed by atoms with Gasteiger partial charge in [-0.15, -0.1) is 24.0 Å². The molecule has 0 bridgehead atoms. The number of benzene rings is 1. The summed E-state index contributed by atoms with van der Waals surface area (Å²) in [5, 5.41) is 6.56. The summed E-state index contributed by atoms with van der Waals surface area (Å²) in [4.78, 5) is 6.68. The van der Waals surface area contributed by atoms with Crippen molar-refractivity contribution >= 4 is 29.9 Å². The van der Waals surface area contributed by atoms with Gasteiger partial charge in [-0.2, -0.15) is 0 Å². The van der Waals surface area contributed by atoms with Crippen molar-refractivity contribution in [2.24, 2.45) is 4.99 Å². The van der Waals surface area contributed by atoms with E-state index in [1.54, 1.807) is 26.3 Å². The number of guanidine groups is 1. The molecule has 0 radical (unpaired) electrons. The lowest BCUT2D eigenvalue weighted by atomic mass is 10.2. The van der Waals surface area contributed by atoms with Gasteiger partial charge in [0, 0.05) is 46.4 Å². The van der Waals surface area contributed by atoms with Crippen molar-refractivity contribution < 1.29 is 9.13 Å². The van der Waals surface area contributed by atoms with Crippen LogP contribution in [0.25, 0.3) is 0 Å². The third-order valence-corrected chi connectivity index (χ3v) is 3.93. The zero-order valence-corrected chi connectivity index (χ0v) is 16.8. The molecular weight excluding hydrogens is 422 g/mol. The van der Waals surface area contributed by atoms with Crippen LogP contribution in [-0.2, 0) is 11.3 Å². The van der Waals surface area contributed by atoms with E-state index in [1.807, 2.05) is 0 Å². The smallest absolute Gasteiger partial charge is 0.191 e. The Kier molecular flexibility index (Phi) is 10.2. The van der Waals surface area contributed by atoms with E-state index in [1.165, 1.54) is 25.0 Å². The summed E-state index contributed by atoms with van der Waals surface area (Å²) in [6.07, 6.45) is 2.59. The molecule has 1 aliphatic carbocycles. The molecule has 136 valence electrons. The van der Waals surface area contributed by atoms with E-state index >= 15 is 0 Å². The molecule has 0 unspecified atom stereocenters. The standard InChI is InChI=1S/C17H27FN4O.HI/c1-19-17(21-13-14-3-5-15(18)6-4-14)20-9-10-22(11-12-23-2)16-7-8-16;/h3-6,16H,7-13H2,1-2H3,(H2,19,20,21);1H. The Morgan fingerprint density at radius 3 is 2.54 bits per heavy atom. The summed E-state index contributed by atoms with van der Waals surface area (Å²) in [7, 11) is 3.49. The highest BCUT2D eigenvalue weighted by molar-refractivity contribution is 14.0. The average Bonchev–Trinajstić information content (AvgIpc) is 3.40. The fraction of sp³-hybridized carbons (Fsp3) is 0.588. The van der Waals surface area contributed by atoms with Crippen molar-refractivity contribution in [3.05, 3.63) is 35.6 Å². The van der Waals surface area contributed by atoms with Crippen LogP contribution >= 0.6 is 24.0 Å². The highest BCUT2D eigenvalue weighted by Gasteiger charge is 2.28. The van der Waals surface area contributed by atoms with Gasteiger partial charge in [0.2, 0.25) is 0 Å². The van der Waals surface area contributed by atoms with Crippen LogP contribution in [0.2, 0.25) is 0 Å². The van der Waals surface area contributed by atoms with E-state index in [9.17, 15) is 4.39 Å². The van der Waals surface area contributed by atoms with E-state index in [4.69, 9.17) is 4.74 Å². The molecule has 1 aliphatic rings. The van der Waals surface area contributed by atoms with Crippen LogP contribution in [0.4, 0.5) is 4.39 Å². The fourth-order valence-corrected chi connectivity index (χ4v) is 2.45. The highest BCUT2D eigenvalue weighted by Crippen LogP contribution is 2.25. The zero-order valence-electron chi connectivity index (χ0n) is 14.4. The highest BCUT2D eigenvalue weighted by atomic mass is 127. The van der Waals surface area contributed by atoms with Crippen LogP contribution in [-0.4, -0.2) is 57.3 Å². The van der Waals surface area contributed by atoms with E-state index < -0.39 is 0 Å². The third kappa shape index (κ3) is 7.76. The minimum absolute atomic E-state index is 0. The molecule has 0 aliphatic heterocycles. The molecule has 1 fully saturated rings. The van der Waals surface area contributed by atoms with E-state index in [2.05, 4.69) is 20.5 Å². The molecule has 2 rings (SSSR count). The molecule has 1 aromatic carbocycles. The maximum Gasteiger partial charge on any atom is 0.191 e. The summed E-state index contributed by atoms with van der Waals surface area (Å²) < 4.78 is 18.1. The molecule has 2 N–H and O–H groups in total. The zero-order chi connectivity index (χ0) is 16.5. The minimum atomic E-state index is -0.215. The minimum Gasteiger partial charge on any atom is -0.383 e. The van der Waals surface area contributed by atoms with Crippen molar-refractivity contribution in [3.63, 3.8) is 0 Å². The number of hydrogen-bond donors (Lipinski definition) is 2. The van der Waals surface area contributed by atoms with Crippen molar-refractivity contribution in [2.75, 3.05) is 40.4 Å². The summed E-state index contributed by atoms with van der Waals surface area (Å²) in [5.74, 6) is 0.546. The molecule has 0 heterocycles. The number of aliphatic imine (C=N–C) groups is 1.